The van der Waals surface area contributed by atoms with Crippen molar-refractivity contribution in [3.8, 4) is 0 Å². The van der Waals surface area contributed by atoms with Crippen LogP contribution in [0.3, 0.4) is 0 Å². The summed E-state index contributed by atoms with van der Waals surface area (Å²) in [5, 5.41) is 13.5. The molecule has 1 fully saturated rings. The van der Waals surface area contributed by atoms with Crippen LogP contribution in [0.1, 0.15) is 22.9 Å². The van der Waals surface area contributed by atoms with E-state index >= 15 is 0 Å². The molecule has 1 aliphatic heterocycles. The van der Waals surface area contributed by atoms with Crippen LogP contribution in [0, 0.1) is 0 Å². The predicted octanol–water partition coefficient (Wildman–Crippen LogP) is 0.979. The Morgan fingerprint density at radius 3 is 3.07 bits per heavy atom. The summed E-state index contributed by atoms with van der Waals surface area (Å²) in [6, 6.07) is 0. The van der Waals surface area contributed by atoms with Crippen molar-refractivity contribution in [1.29, 1.82) is 0 Å². The Kier molecular flexibility index (Phi) is 3.44. The second-order valence-electron chi connectivity index (χ2n) is 3.46. The van der Waals surface area contributed by atoms with Gasteiger partial charge in [0.1, 0.15) is 10.0 Å². The van der Waals surface area contributed by atoms with Gasteiger partial charge in [-0.2, -0.15) is 0 Å². The number of aromatic nitrogens is 2. The third-order valence-electron chi connectivity index (χ3n) is 2.26. The summed E-state index contributed by atoms with van der Waals surface area (Å²) < 4.78 is 5.55. The topological polar surface area (TPSA) is 47.0 Å². The fourth-order valence-corrected chi connectivity index (χ4v) is 2.51. The molecule has 1 atom stereocenters. The smallest absolute Gasteiger partial charge is 0.131 e. The van der Waals surface area contributed by atoms with Crippen LogP contribution in [0.2, 0.25) is 0 Å². The van der Waals surface area contributed by atoms with Crippen LogP contribution in [0.5, 0.6) is 0 Å². The van der Waals surface area contributed by atoms with E-state index in [-0.39, 0.29) is 0 Å². The van der Waals surface area contributed by atoms with Gasteiger partial charge in [-0.25, -0.2) is 0 Å². The van der Waals surface area contributed by atoms with Crippen molar-refractivity contribution in [2.45, 2.75) is 31.9 Å². The first kappa shape index (κ1) is 10.0. The molecule has 5 heteroatoms. The van der Waals surface area contributed by atoms with E-state index in [1.807, 2.05) is 7.05 Å². The zero-order valence-electron chi connectivity index (χ0n) is 8.32. The Bertz CT molecular complexity index is 283. The highest BCUT2D eigenvalue weighted by atomic mass is 32.1. The van der Waals surface area contributed by atoms with E-state index in [2.05, 4.69) is 15.5 Å². The van der Waals surface area contributed by atoms with Gasteiger partial charge in [0.15, 0.2) is 0 Å². The van der Waals surface area contributed by atoms with Gasteiger partial charge in [-0.1, -0.05) is 0 Å². The Morgan fingerprint density at radius 1 is 1.50 bits per heavy atom. The highest BCUT2D eigenvalue weighted by Gasteiger charge is 2.17. The monoisotopic (exact) mass is 213 g/mol. The van der Waals surface area contributed by atoms with E-state index in [9.17, 15) is 0 Å². The molecule has 0 saturated carbocycles. The molecule has 1 N–H and O–H groups in total. The van der Waals surface area contributed by atoms with E-state index in [0.717, 1.165) is 29.6 Å². The SMILES string of the molecule is CNCc1nnc(CC2CCCO2)s1. The number of ether oxygens (including phenoxy) is 1. The van der Waals surface area contributed by atoms with Crippen LogP contribution in [0.25, 0.3) is 0 Å². The average molecular weight is 213 g/mol. The molecule has 0 spiro atoms. The lowest BCUT2D eigenvalue weighted by atomic mass is 10.2. The quantitative estimate of drug-likeness (QED) is 0.810. The Hall–Kier alpha value is -0.520. The van der Waals surface area contributed by atoms with Crippen LogP contribution >= 0.6 is 11.3 Å². The summed E-state index contributed by atoms with van der Waals surface area (Å²) in [7, 11) is 1.92. The first-order chi connectivity index (χ1) is 6.88. The second kappa shape index (κ2) is 4.82. The van der Waals surface area contributed by atoms with E-state index in [4.69, 9.17) is 4.74 Å². The molecule has 2 rings (SSSR count). The van der Waals surface area contributed by atoms with E-state index < -0.39 is 0 Å². The summed E-state index contributed by atoms with van der Waals surface area (Å²) in [6.07, 6.45) is 3.67. The van der Waals surface area contributed by atoms with Crippen LogP contribution in [-0.2, 0) is 17.7 Å². The van der Waals surface area contributed by atoms with Crippen molar-refractivity contribution in [2.75, 3.05) is 13.7 Å². The lowest BCUT2D eigenvalue weighted by molar-refractivity contribution is 0.111. The minimum atomic E-state index is 0.380. The highest BCUT2D eigenvalue weighted by molar-refractivity contribution is 7.11. The number of nitrogens with one attached hydrogen (secondary N) is 1. The van der Waals surface area contributed by atoms with E-state index in [0.29, 0.717) is 6.10 Å². The van der Waals surface area contributed by atoms with Gasteiger partial charge in [-0.3, -0.25) is 0 Å². The molecule has 0 aromatic carbocycles. The standard InChI is InChI=1S/C9H15N3OS/c1-10-6-9-12-11-8(14-9)5-7-3-2-4-13-7/h7,10H,2-6H2,1H3. The molecule has 0 amide bonds. The van der Waals surface area contributed by atoms with Crippen LogP contribution in [0.4, 0.5) is 0 Å². The third kappa shape index (κ3) is 2.50. The lowest BCUT2D eigenvalue weighted by Crippen LogP contribution is -2.08. The van der Waals surface area contributed by atoms with E-state index in [1.54, 1.807) is 11.3 Å². The minimum absolute atomic E-state index is 0.380. The van der Waals surface area contributed by atoms with Crippen molar-refractivity contribution in [3.05, 3.63) is 10.0 Å². The first-order valence-corrected chi connectivity index (χ1v) is 5.77. The molecular formula is C9H15N3OS. The molecule has 1 unspecified atom stereocenters. The molecule has 0 bridgehead atoms. The molecule has 1 aliphatic rings. The Balaban J connectivity index is 1.88. The minimum Gasteiger partial charge on any atom is -0.378 e. The van der Waals surface area contributed by atoms with Crippen molar-refractivity contribution < 1.29 is 4.74 Å². The van der Waals surface area contributed by atoms with Gasteiger partial charge < -0.3 is 10.1 Å². The van der Waals surface area contributed by atoms with Crippen molar-refractivity contribution in [3.63, 3.8) is 0 Å². The molecule has 0 radical (unpaired) electrons. The van der Waals surface area contributed by atoms with Crippen LogP contribution in [-0.4, -0.2) is 30.0 Å². The second-order valence-corrected chi connectivity index (χ2v) is 4.61. The van der Waals surface area contributed by atoms with Gasteiger partial charge in [0.05, 0.1) is 6.10 Å². The van der Waals surface area contributed by atoms with Crippen molar-refractivity contribution in [1.82, 2.24) is 15.5 Å². The largest absolute Gasteiger partial charge is 0.378 e. The highest BCUT2D eigenvalue weighted by Crippen LogP contribution is 2.19. The molecule has 0 aliphatic carbocycles. The van der Waals surface area contributed by atoms with Gasteiger partial charge >= 0.3 is 0 Å². The summed E-state index contributed by atoms with van der Waals surface area (Å²) in [5.74, 6) is 0. The van der Waals surface area contributed by atoms with Crippen molar-refractivity contribution in [2.24, 2.45) is 0 Å². The van der Waals surface area contributed by atoms with Crippen LogP contribution < -0.4 is 5.32 Å². The van der Waals surface area contributed by atoms with Gasteiger partial charge in [-0.15, -0.1) is 21.5 Å². The Labute approximate surface area is 87.7 Å². The number of hydrogen-bond donors (Lipinski definition) is 1. The average Bonchev–Trinajstić information content (AvgIpc) is 2.79. The molecule has 14 heavy (non-hydrogen) atoms. The zero-order chi connectivity index (χ0) is 9.80. The molecule has 4 nitrogen and oxygen atoms in total. The van der Waals surface area contributed by atoms with Crippen LogP contribution in [0.15, 0.2) is 0 Å². The predicted molar refractivity (Wildman–Crippen MR) is 55.4 cm³/mol. The van der Waals surface area contributed by atoms with Crippen molar-refractivity contribution >= 4 is 11.3 Å². The fourth-order valence-electron chi connectivity index (χ4n) is 1.59. The number of hydrogen-bond acceptors (Lipinski definition) is 5. The molecule has 2 heterocycles. The maximum absolute atomic E-state index is 5.55. The maximum atomic E-state index is 5.55. The number of rotatable bonds is 4. The summed E-state index contributed by atoms with van der Waals surface area (Å²) in [4.78, 5) is 0. The summed E-state index contributed by atoms with van der Waals surface area (Å²) in [6.45, 7) is 1.72. The summed E-state index contributed by atoms with van der Waals surface area (Å²) >= 11 is 1.68. The Morgan fingerprint density at radius 2 is 2.36 bits per heavy atom. The number of nitrogens with zero attached hydrogens (tertiary/aromatic N) is 2. The molecule has 1 saturated heterocycles. The fraction of sp³-hybridized carbons (Fsp3) is 0.778. The van der Waals surface area contributed by atoms with Gasteiger partial charge in [0.2, 0.25) is 0 Å². The molecular weight excluding hydrogens is 198 g/mol. The first-order valence-electron chi connectivity index (χ1n) is 4.96. The van der Waals surface area contributed by atoms with Gasteiger partial charge in [0, 0.05) is 19.6 Å². The van der Waals surface area contributed by atoms with Gasteiger partial charge in [0.25, 0.3) is 0 Å². The lowest BCUT2D eigenvalue weighted by Gasteiger charge is -2.04. The third-order valence-corrected chi connectivity index (χ3v) is 3.21. The molecule has 1 aromatic rings. The maximum Gasteiger partial charge on any atom is 0.131 e. The molecule has 1 aromatic heterocycles. The van der Waals surface area contributed by atoms with Gasteiger partial charge in [-0.05, 0) is 19.9 Å². The van der Waals surface area contributed by atoms with E-state index in [1.165, 1.54) is 12.8 Å². The summed E-state index contributed by atoms with van der Waals surface area (Å²) in [5.41, 5.74) is 0. The normalized spacial score (nSPS) is 21.6. The zero-order valence-corrected chi connectivity index (χ0v) is 9.14. The molecule has 78 valence electrons.